The molecule has 0 radical (unpaired) electrons. The molecule has 1 atom stereocenters. The van der Waals surface area contributed by atoms with E-state index in [0.29, 0.717) is 18.4 Å². The lowest BCUT2D eigenvalue weighted by molar-refractivity contribution is 0.383. The Morgan fingerprint density at radius 3 is 2.69 bits per heavy atom. The molecule has 26 heavy (non-hydrogen) atoms. The molecule has 0 saturated heterocycles. The number of benzene rings is 1. The number of nitrogens with zero attached hydrogens (tertiary/aromatic N) is 2. The molecule has 0 amide bonds. The lowest BCUT2D eigenvalue weighted by atomic mass is 9.78. The molecule has 6 heteroatoms. The second kappa shape index (κ2) is 8.88. The lowest BCUT2D eigenvalue weighted by Crippen LogP contribution is -2.41. The van der Waals surface area contributed by atoms with Gasteiger partial charge in [-0.2, -0.15) is 0 Å². The predicted octanol–water partition coefficient (Wildman–Crippen LogP) is 3.99. The van der Waals surface area contributed by atoms with E-state index in [0.717, 1.165) is 31.2 Å². The minimum atomic E-state index is -0.0324. The first-order valence-corrected chi connectivity index (χ1v) is 9.02. The molecule has 0 aliphatic heterocycles. The number of aliphatic imine (C=N–C) groups is 1. The average Bonchev–Trinajstić information content (AvgIpc) is 3.02. The number of hydrogen-bond acceptors (Lipinski definition) is 3. The first kappa shape index (κ1) is 20.7. The van der Waals surface area contributed by atoms with E-state index in [1.807, 2.05) is 0 Å². The van der Waals surface area contributed by atoms with Gasteiger partial charge >= 0.3 is 0 Å². The largest absolute Gasteiger partial charge is 0.443 e. The molecular formula is C20H29IN4O. The first-order valence-electron chi connectivity index (χ1n) is 9.02. The summed E-state index contributed by atoms with van der Waals surface area (Å²) in [5, 5.41) is 6.73. The summed E-state index contributed by atoms with van der Waals surface area (Å²) in [6, 6.07) is 8.65. The Hall–Kier alpha value is -1.57. The van der Waals surface area contributed by atoms with E-state index in [9.17, 15) is 0 Å². The van der Waals surface area contributed by atoms with E-state index >= 15 is 0 Å². The molecule has 1 aliphatic rings. The molecule has 2 N–H and O–H groups in total. The average molecular weight is 468 g/mol. The molecule has 0 fully saturated rings. The number of hydrogen-bond donors (Lipinski definition) is 2. The van der Waals surface area contributed by atoms with E-state index in [2.05, 4.69) is 72.6 Å². The van der Waals surface area contributed by atoms with Gasteiger partial charge in [0.2, 0.25) is 5.89 Å². The van der Waals surface area contributed by atoms with E-state index in [-0.39, 0.29) is 29.4 Å². The van der Waals surface area contributed by atoms with Crippen LogP contribution in [0.3, 0.4) is 0 Å². The monoisotopic (exact) mass is 468 g/mol. The molecule has 5 nitrogen and oxygen atoms in total. The molecule has 1 aromatic heterocycles. The second-order valence-electron chi connectivity index (χ2n) is 7.54. The topological polar surface area (TPSA) is 62.5 Å². The van der Waals surface area contributed by atoms with Gasteiger partial charge in [0, 0.05) is 24.4 Å². The molecule has 1 heterocycles. The third kappa shape index (κ3) is 4.99. The highest BCUT2D eigenvalue weighted by Crippen LogP contribution is 2.33. The maximum absolute atomic E-state index is 5.81. The van der Waals surface area contributed by atoms with Gasteiger partial charge < -0.3 is 15.1 Å². The Balaban J connectivity index is 0.00000243. The number of halogens is 1. The van der Waals surface area contributed by atoms with Crippen LogP contribution in [-0.4, -0.2) is 24.0 Å². The zero-order chi connectivity index (χ0) is 17.9. The molecule has 1 unspecified atom stereocenters. The first-order chi connectivity index (χ1) is 12.0. The van der Waals surface area contributed by atoms with Crippen LogP contribution >= 0.6 is 24.0 Å². The maximum Gasteiger partial charge on any atom is 0.216 e. The van der Waals surface area contributed by atoms with E-state index in [1.54, 1.807) is 6.20 Å². The van der Waals surface area contributed by atoms with Crippen LogP contribution in [0.1, 0.15) is 56.4 Å². The van der Waals surface area contributed by atoms with Crippen molar-refractivity contribution in [3.63, 3.8) is 0 Å². The van der Waals surface area contributed by atoms with Gasteiger partial charge in [-0.1, -0.05) is 45.0 Å². The van der Waals surface area contributed by atoms with E-state index in [4.69, 9.17) is 4.42 Å². The highest BCUT2D eigenvalue weighted by molar-refractivity contribution is 14.0. The van der Waals surface area contributed by atoms with Crippen molar-refractivity contribution < 1.29 is 4.42 Å². The fraction of sp³-hybridized carbons (Fsp3) is 0.500. The van der Waals surface area contributed by atoms with Gasteiger partial charge in [-0.3, -0.25) is 0 Å². The van der Waals surface area contributed by atoms with Crippen LogP contribution in [0.15, 0.2) is 39.9 Å². The predicted molar refractivity (Wildman–Crippen MR) is 116 cm³/mol. The van der Waals surface area contributed by atoms with Crippen molar-refractivity contribution in [2.24, 2.45) is 4.99 Å². The summed E-state index contributed by atoms with van der Waals surface area (Å²) in [7, 11) is 0. The Labute approximate surface area is 173 Å². The fourth-order valence-corrected chi connectivity index (χ4v) is 2.98. The van der Waals surface area contributed by atoms with Crippen LogP contribution in [0.4, 0.5) is 0 Å². The fourth-order valence-electron chi connectivity index (χ4n) is 2.98. The van der Waals surface area contributed by atoms with Crippen LogP contribution in [-0.2, 0) is 18.4 Å². The van der Waals surface area contributed by atoms with Crippen LogP contribution in [0.5, 0.6) is 0 Å². The molecule has 1 aromatic carbocycles. The summed E-state index contributed by atoms with van der Waals surface area (Å²) < 4.78 is 5.81. The summed E-state index contributed by atoms with van der Waals surface area (Å²) >= 11 is 0. The highest BCUT2D eigenvalue weighted by atomic mass is 127. The van der Waals surface area contributed by atoms with Gasteiger partial charge in [0.05, 0.1) is 6.20 Å². The quantitative estimate of drug-likeness (QED) is 0.396. The van der Waals surface area contributed by atoms with Crippen LogP contribution in [0, 0.1) is 0 Å². The molecular weight excluding hydrogens is 439 g/mol. The summed E-state index contributed by atoms with van der Waals surface area (Å²) in [6.07, 6.45) is 2.94. The van der Waals surface area contributed by atoms with Crippen molar-refractivity contribution in [1.82, 2.24) is 15.6 Å². The summed E-state index contributed by atoms with van der Waals surface area (Å²) in [6.45, 7) is 10.6. The number of aromatic nitrogens is 1. The zero-order valence-electron chi connectivity index (χ0n) is 16.0. The lowest BCUT2D eigenvalue weighted by Gasteiger charge is -2.30. The standard InChI is InChI=1S/C20H28N4O.HI/c1-5-21-19(23-11-15-10-14-8-6-7-9-16(14)15)24-13-18-22-12-17(25-18)20(2,3)4;/h6-9,12,15H,5,10-11,13H2,1-4H3,(H2,21,23,24);1H. The third-order valence-electron chi connectivity index (χ3n) is 4.49. The van der Waals surface area contributed by atoms with Crippen molar-refractivity contribution in [3.05, 3.63) is 53.2 Å². The van der Waals surface area contributed by atoms with E-state index in [1.165, 1.54) is 11.1 Å². The smallest absolute Gasteiger partial charge is 0.216 e. The van der Waals surface area contributed by atoms with Gasteiger partial charge in [-0.05, 0) is 24.5 Å². The van der Waals surface area contributed by atoms with Crippen molar-refractivity contribution in [2.75, 3.05) is 13.1 Å². The molecule has 3 rings (SSSR count). The van der Waals surface area contributed by atoms with Crippen molar-refractivity contribution in [1.29, 1.82) is 0 Å². The molecule has 0 saturated carbocycles. The van der Waals surface area contributed by atoms with E-state index < -0.39 is 0 Å². The third-order valence-corrected chi connectivity index (χ3v) is 4.49. The zero-order valence-corrected chi connectivity index (χ0v) is 18.3. The highest BCUT2D eigenvalue weighted by Gasteiger charge is 2.25. The Morgan fingerprint density at radius 1 is 1.27 bits per heavy atom. The number of guanidine groups is 1. The van der Waals surface area contributed by atoms with Crippen LogP contribution < -0.4 is 10.6 Å². The minimum Gasteiger partial charge on any atom is -0.443 e. The van der Waals surface area contributed by atoms with Crippen molar-refractivity contribution in [3.8, 4) is 0 Å². The van der Waals surface area contributed by atoms with Crippen molar-refractivity contribution in [2.45, 2.75) is 52.0 Å². The maximum atomic E-state index is 5.81. The summed E-state index contributed by atoms with van der Waals surface area (Å²) in [4.78, 5) is 8.94. The summed E-state index contributed by atoms with van der Waals surface area (Å²) in [5.74, 6) is 2.91. The molecule has 2 aromatic rings. The Morgan fingerprint density at radius 2 is 2.04 bits per heavy atom. The number of nitrogens with one attached hydrogen (secondary N) is 2. The van der Waals surface area contributed by atoms with Gasteiger partial charge in [0.1, 0.15) is 12.3 Å². The van der Waals surface area contributed by atoms with Gasteiger partial charge in [0.25, 0.3) is 0 Å². The van der Waals surface area contributed by atoms with Gasteiger partial charge in [0.15, 0.2) is 5.96 Å². The molecule has 0 spiro atoms. The number of oxazole rings is 1. The molecule has 142 valence electrons. The minimum absolute atomic E-state index is 0. The summed E-state index contributed by atoms with van der Waals surface area (Å²) in [5.41, 5.74) is 2.88. The number of rotatable bonds is 5. The van der Waals surface area contributed by atoms with Crippen molar-refractivity contribution >= 4 is 29.9 Å². The van der Waals surface area contributed by atoms with Crippen LogP contribution in [0.2, 0.25) is 0 Å². The van der Waals surface area contributed by atoms with Crippen LogP contribution in [0.25, 0.3) is 0 Å². The molecule has 1 aliphatic carbocycles. The second-order valence-corrected chi connectivity index (χ2v) is 7.54. The SMILES string of the molecule is CCNC(=NCc1ncc(C(C)(C)C)o1)NCC1Cc2ccccc21.I. The number of fused-ring (bicyclic) bond motifs is 1. The van der Waals surface area contributed by atoms with Gasteiger partial charge in [-0.15, -0.1) is 24.0 Å². The normalized spacial score (nSPS) is 16.3. The Bertz CT molecular complexity index is 748. The Kier molecular flexibility index (Phi) is 7.08. The van der Waals surface area contributed by atoms with Gasteiger partial charge in [-0.25, -0.2) is 9.98 Å². The molecule has 0 bridgehead atoms.